The molecule has 0 radical (unpaired) electrons. The van der Waals surface area contributed by atoms with E-state index >= 15 is 0 Å². The number of aromatic nitrogens is 2. The summed E-state index contributed by atoms with van der Waals surface area (Å²) in [6, 6.07) is 7.27. The van der Waals surface area contributed by atoms with Crippen LogP contribution in [0.15, 0.2) is 41.8 Å². The van der Waals surface area contributed by atoms with Crippen LogP contribution in [0.25, 0.3) is 0 Å². The number of nitrogens with one attached hydrogen (secondary N) is 2. The number of hydrogen-bond donors (Lipinski definition) is 2. The summed E-state index contributed by atoms with van der Waals surface area (Å²) in [4.78, 5) is 18.1. The minimum atomic E-state index is -3.76. The Morgan fingerprint density at radius 1 is 1.39 bits per heavy atom. The highest BCUT2D eigenvalue weighted by molar-refractivity contribution is 7.89. The molecule has 2 rings (SSSR count). The number of imidazole rings is 1. The Morgan fingerprint density at radius 2 is 2.13 bits per heavy atom. The number of H-pyrrole nitrogens is 1. The van der Waals surface area contributed by atoms with Crippen LogP contribution in [0.3, 0.4) is 0 Å². The Morgan fingerprint density at radius 3 is 2.78 bits per heavy atom. The van der Waals surface area contributed by atoms with E-state index in [0.29, 0.717) is 5.75 Å². The maximum Gasteiger partial charge on any atom is 0.260 e. The van der Waals surface area contributed by atoms with E-state index in [1.54, 1.807) is 13.2 Å². The smallest absolute Gasteiger partial charge is 0.260 e. The normalized spacial score (nSPS) is 11.4. The number of methoxy groups -OCH3 is 1. The van der Waals surface area contributed by atoms with E-state index in [1.807, 2.05) is 18.2 Å². The first-order chi connectivity index (χ1) is 10.9. The summed E-state index contributed by atoms with van der Waals surface area (Å²) in [5, 5.41) is 2.61. The van der Waals surface area contributed by atoms with Gasteiger partial charge in [0, 0.05) is 19.2 Å². The molecule has 0 saturated carbocycles. The lowest BCUT2D eigenvalue weighted by molar-refractivity contribution is -0.121. The Bertz CT molecular complexity index is 759. The monoisotopic (exact) mass is 338 g/mol. The fraction of sp³-hybridized carbons (Fsp3) is 0.286. The van der Waals surface area contributed by atoms with Crippen molar-refractivity contribution < 1.29 is 17.9 Å². The van der Waals surface area contributed by atoms with Gasteiger partial charge in [0.1, 0.15) is 5.75 Å². The maximum atomic E-state index is 12.2. The molecular formula is C14H18N4O4S. The molecule has 8 nitrogen and oxygen atoms in total. The van der Waals surface area contributed by atoms with Crippen LogP contribution in [0.5, 0.6) is 5.75 Å². The van der Waals surface area contributed by atoms with E-state index in [2.05, 4.69) is 15.3 Å². The van der Waals surface area contributed by atoms with Crippen molar-refractivity contribution in [2.45, 2.75) is 11.6 Å². The largest absolute Gasteiger partial charge is 0.496 e. The number of para-hydroxylation sites is 1. The molecule has 2 N–H and O–H groups in total. The van der Waals surface area contributed by atoms with E-state index in [0.717, 1.165) is 9.87 Å². The van der Waals surface area contributed by atoms with Crippen LogP contribution >= 0.6 is 0 Å². The summed E-state index contributed by atoms with van der Waals surface area (Å²) in [5.41, 5.74) is 0.808. The first kappa shape index (κ1) is 17.0. The van der Waals surface area contributed by atoms with Gasteiger partial charge in [-0.1, -0.05) is 18.2 Å². The summed E-state index contributed by atoms with van der Waals surface area (Å²) in [5.74, 6) is 0.243. The molecule has 0 fully saturated rings. The first-order valence-electron chi connectivity index (χ1n) is 6.78. The summed E-state index contributed by atoms with van der Waals surface area (Å²) in [6.45, 7) is -0.0444. The number of sulfonamides is 1. The van der Waals surface area contributed by atoms with Gasteiger partial charge in [-0.05, 0) is 6.07 Å². The number of amides is 1. The molecule has 1 heterocycles. The predicted octanol–water partition coefficient (Wildman–Crippen LogP) is 0.355. The summed E-state index contributed by atoms with van der Waals surface area (Å²) >= 11 is 0. The summed E-state index contributed by atoms with van der Waals surface area (Å²) in [7, 11) is -0.878. The van der Waals surface area contributed by atoms with Gasteiger partial charge in [-0.25, -0.2) is 13.4 Å². The SMILES string of the molecule is COc1ccccc1CNC(=O)CN(C)S(=O)(=O)c1cnc[nH]1. The van der Waals surface area contributed by atoms with Crippen LogP contribution in [0.1, 0.15) is 5.56 Å². The third kappa shape index (κ3) is 4.08. The van der Waals surface area contributed by atoms with E-state index in [-0.39, 0.29) is 18.1 Å². The Labute approximate surface area is 134 Å². The number of carbonyl (C=O) groups is 1. The van der Waals surface area contributed by atoms with Gasteiger partial charge >= 0.3 is 0 Å². The molecule has 1 aromatic heterocycles. The van der Waals surface area contributed by atoms with E-state index < -0.39 is 15.9 Å². The standard InChI is InChI=1S/C14H18N4O4S/c1-18(23(20,21)14-8-15-10-17-14)9-13(19)16-7-11-5-3-4-6-12(11)22-2/h3-6,8,10H,7,9H2,1-2H3,(H,15,17)(H,16,19). The summed E-state index contributed by atoms with van der Waals surface area (Å²) in [6.07, 6.45) is 2.46. The zero-order valence-corrected chi connectivity index (χ0v) is 13.6. The van der Waals surface area contributed by atoms with Gasteiger partial charge in [0.15, 0.2) is 5.03 Å². The maximum absolute atomic E-state index is 12.2. The lowest BCUT2D eigenvalue weighted by Crippen LogP contribution is -2.38. The van der Waals surface area contributed by atoms with Crippen molar-refractivity contribution in [3.8, 4) is 5.75 Å². The molecule has 124 valence electrons. The van der Waals surface area contributed by atoms with Crippen LogP contribution in [-0.4, -0.2) is 49.3 Å². The van der Waals surface area contributed by atoms with Crippen LogP contribution in [-0.2, 0) is 21.4 Å². The zero-order chi connectivity index (χ0) is 16.9. The third-order valence-electron chi connectivity index (χ3n) is 3.20. The molecule has 0 aliphatic heterocycles. The molecule has 0 bridgehead atoms. The number of benzene rings is 1. The average Bonchev–Trinajstić information content (AvgIpc) is 3.08. The topological polar surface area (TPSA) is 104 Å². The second-order valence-electron chi connectivity index (χ2n) is 4.77. The van der Waals surface area contributed by atoms with E-state index in [4.69, 9.17) is 4.74 Å². The number of hydrogen-bond acceptors (Lipinski definition) is 5. The van der Waals surface area contributed by atoms with Gasteiger partial charge in [-0.15, -0.1) is 0 Å². The highest BCUT2D eigenvalue weighted by Gasteiger charge is 2.24. The minimum absolute atomic E-state index is 0.0578. The molecule has 9 heteroatoms. The number of carbonyl (C=O) groups excluding carboxylic acids is 1. The predicted molar refractivity (Wildman–Crippen MR) is 83.2 cm³/mol. The van der Waals surface area contributed by atoms with E-state index in [1.165, 1.54) is 19.6 Å². The van der Waals surface area contributed by atoms with Crippen LogP contribution in [0.4, 0.5) is 0 Å². The van der Waals surface area contributed by atoms with Gasteiger partial charge < -0.3 is 15.0 Å². The Kier molecular flexibility index (Phi) is 5.35. The fourth-order valence-electron chi connectivity index (χ4n) is 1.94. The second kappa shape index (κ2) is 7.25. The highest BCUT2D eigenvalue weighted by Crippen LogP contribution is 2.16. The highest BCUT2D eigenvalue weighted by atomic mass is 32.2. The number of ether oxygens (including phenoxy) is 1. The molecule has 0 aliphatic rings. The van der Waals surface area contributed by atoms with Crippen molar-refractivity contribution in [1.82, 2.24) is 19.6 Å². The molecule has 23 heavy (non-hydrogen) atoms. The van der Waals surface area contributed by atoms with Crippen molar-refractivity contribution in [2.75, 3.05) is 20.7 Å². The fourth-order valence-corrected chi connectivity index (χ4v) is 2.96. The molecular weight excluding hydrogens is 320 g/mol. The van der Waals surface area contributed by atoms with Crippen LogP contribution in [0.2, 0.25) is 0 Å². The van der Waals surface area contributed by atoms with Crippen molar-refractivity contribution in [1.29, 1.82) is 0 Å². The molecule has 2 aromatic rings. The van der Waals surface area contributed by atoms with Crippen molar-refractivity contribution in [3.63, 3.8) is 0 Å². The van der Waals surface area contributed by atoms with Gasteiger partial charge in [0.05, 0.1) is 26.2 Å². The van der Waals surface area contributed by atoms with Gasteiger partial charge in [-0.3, -0.25) is 4.79 Å². The van der Waals surface area contributed by atoms with Gasteiger partial charge in [-0.2, -0.15) is 4.31 Å². The first-order valence-corrected chi connectivity index (χ1v) is 8.22. The number of nitrogens with zero attached hydrogens (tertiary/aromatic N) is 2. The van der Waals surface area contributed by atoms with Crippen molar-refractivity contribution in [2.24, 2.45) is 0 Å². The van der Waals surface area contributed by atoms with Crippen LogP contribution < -0.4 is 10.1 Å². The number of rotatable bonds is 7. The lowest BCUT2D eigenvalue weighted by Gasteiger charge is -2.16. The Hall–Kier alpha value is -2.39. The lowest BCUT2D eigenvalue weighted by atomic mass is 10.2. The van der Waals surface area contributed by atoms with Crippen LogP contribution in [0, 0.1) is 0 Å². The van der Waals surface area contributed by atoms with Gasteiger partial charge in [0.2, 0.25) is 5.91 Å². The zero-order valence-electron chi connectivity index (χ0n) is 12.8. The quantitative estimate of drug-likeness (QED) is 0.758. The molecule has 0 atom stereocenters. The van der Waals surface area contributed by atoms with Crippen molar-refractivity contribution >= 4 is 15.9 Å². The molecule has 1 aromatic carbocycles. The molecule has 0 spiro atoms. The Balaban J connectivity index is 1.95. The van der Waals surface area contributed by atoms with E-state index in [9.17, 15) is 13.2 Å². The molecule has 0 unspecified atom stereocenters. The molecule has 0 aliphatic carbocycles. The van der Waals surface area contributed by atoms with Gasteiger partial charge in [0.25, 0.3) is 10.0 Å². The van der Waals surface area contributed by atoms with Crippen molar-refractivity contribution in [3.05, 3.63) is 42.4 Å². The average molecular weight is 338 g/mol. The number of aromatic amines is 1. The summed E-state index contributed by atoms with van der Waals surface area (Å²) < 4.78 is 30.5. The number of likely N-dealkylation sites (N-methyl/N-ethyl adjacent to an activating group) is 1. The molecule has 1 amide bonds. The minimum Gasteiger partial charge on any atom is -0.496 e. The second-order valence-corrected chi connectivity index (χ2v) is 6.78. The molecule has 0 saturated heterocycles. The third-order valence-corrected chi connectivity index (χ3v) is 4.92.